The number of carbonyl (C=O) groups is 2. The summed E-state index contributed by atoms with van der Waals surface area (Å²) in [5, 5.41) is 2.87. The Morgan fingerprint density at radius 1 is 1.11 bits per heavy atom. The number of nitrogens with one attached hydrogen (secondary N) is 1. The molecular formula is C21H24N2O4. The Balaban J connectivity index is 1.49. The van der Waals surface area contributed by atoms with Gasteiger partial charge in [-0.3, -0.25) is 9.59 Å². The van der Waals surface area contributed by atoms with Crippen LogP contribution in [0.1, 0.15) is 18.4 Å². The fourth-order valence-electron chi connectivity index (χ4n) is 2.60. The second-order valence-corrected chi connectivity index (χ2v) is 6.68. The van der Waals surface area contributed by atoms with Crippen molar-refractivity contribution in [3.05, 3.63) is 54.1 Å². The summed E-state index contributed by atoms with van der Waals surface area (Å²) in [7, 11) is 3.36. The first-order chi connectivity index (χ1) is 13.0. The van der Waals surface area contributed by atoms with Crippen LogP contribution in [0.3, 0.4) is 0 Å². The van der Waals surface area contributed by atoms with Crippen molar-refractivity contribution in [3.8, 4) is 11.5 Å². The highest BCUT2D eigenvalue weighted by molar-refractivity contribution is 5.94. The molecule has 6 nitrogen and oxygen atoms in total. The molecule has 6 heteroatoms. The molecule has 2 aromatic rings. The van der Waals surface area contributed by atoms with Crippen LogP contribution in [0.2, 0.25) is 0 Å². The number of hydrogen-bond acceptors (Lipinski definition) is 4. The first-order valence-electron chi connectivity index (χ1n) is 8.96. The third-order valence-corrected chi connectivity index (χ3v) is 4.42. The van der Waals surface area contributed by atoms with Crippen molar-refractivity contribution >= 4 is 17.5 Å². The van der Waals surface area contributed by atoms with Gasteiger partial charge in [-0.15, -0.1) is 0 Å². The molecule has 1 aliphatic rings. The van der Waals surface area contributed by atoms with Crippen molar-refractivity contribution in [2.45, 2.75) is 19.4 Å². The number of likely N-dealkylation sites (N-methyl/N-ethyl adjacent to an activating group) is 1. The summed E-state index contributed by atoms with van der Waals surface area (Å²) in [6.45, 7) is 0.427. The van der Waals surface area contributed by atoms with Gasteiger partial charge in [0.15, 0.2) is 6.61 Å². The van der Waals surface area contributed by atoms with Crippen LogP contribution in [0.25, 0.3) is 0 Å². The summed E-state index contributed by atoms with van der Waals surface area (Å²) in [6, 6.07) is 14.7. The summed E-state index contributed by atoms with van der Waals surface area (Å²) in [6.07, 6.45) is 1.91. The molecule has 1 aliphatic carbocycles. The molecule has 0 spiro atoms. The molecule has 0 aliphatic heterocycles. The third-order valence-electron chi connectivity index (χ3n) is 4.42. The minimum atomic E-state index is -0.127. The van der Waals surface area contributed by atoms with E-state index in [1.807, 2.05) is 30.3 Å². The number of benzene rings is 2. The summed E-state index contributed by atoms with van der Waals surface area (Å²) >= 11 is 0. The molecule has 1 N–H and O–H groups in total. The van der Waals surface area contributed by atoms with E-state index in [1.54, 1.807) is 37.3 Å². The van der Waals surface area contributed by atoms with E-state index in [0.717, 1.165) is 24.2 Å². The lowest BCUT2D eigenvalue weighted by molar-refractivity contribution is -0.132. The molecule has 1 fully saturated rings. The highest BCUT2D eigenvalue weighted by Crippen LogP contribution is 2.30. The van der Waals surface area contributed by atoms with Crippen molar-refractivity contribution in [3.63, 3.8) is 0 Å². The molecule has 0 atom stereocenters. The maximum atomic E-state index is 12.3. The number of rotatable bonds is 8. The molecule has 0 bridgehead atoms. The van der Waals surface area contributed by atoms with E-state index in [0.29, 0.717) is 18.0 Å². The highest BCUT2D eigenvalue weighted by Gasteiger charge is 2.29. The Bertz CT molecular complexity index is 800. The maximum absolute atomic E-state index is 12.3. The Labute approximate surface area is 159 Å². The van der Waals surface area contributed by atoms with Crippen molar-refractivity contribution in [2.75, 3.05) is 26.1 Å². The average Bonchev–Trinajstić information content (AvgIpc) is 3.52. The maximum Gasteiger partial charge on any atom is 0.260 e. The van der Waals surface area contributed by atoms with Gasteiger partial charge in [0.25, 0.3) is 5.91 Å². The third kappa shape index (κ3) is 5.48. The van der Waals surface area contributed by atoms with Gasteiger partial charge < -0.3 is 19.7 Å². The van der Waals surface area contributed by atoms with E-state index in [4.69, 9.17) is 9.47 Å². The zero-order valence-corrected chi connectivity index (χ0v) is 15.6. The lowest BCUT2D eigenvalue weighted by atomic mass is 10.2. The van der Waals surface area contributed by atoms with Crippen molar-refractivity contribution in [1.82, 2.24) is 4.90 Å². The predicted molar refractivity (Wildman–Crippen MR) is 103 cm³/mol. The Kier molecular flexibility index (Phi) is 5.96. The zero-order valence-electron chi connectivity index (χ0n) is 15.6. The molecule has 0 heterocycles. The standard InChI is InChI=1S/C21H24N2O4/c1-23(13-15-6-10-18(26-2)11-7-15)20(24)14-27-19-5-3-4-17(12-19)22-21(25)16-8-9-16/h3-7,10-12,16H,8-9,13-14H2,1-2H3,(H,22,25). The van der Waals surface area contributed by atoms with Gasteiger partial charge in [-0.1, -0.05) is 18.2 Å². The molecule has 0 radical (unpaired) electrons. The summed E-state index contributed by atoms with van der Waals surface area (Å²) in [5.74, 6) is 1.39. The quantitative estimate of drug-likeness (QED) is 0.778. The van der Waals surface area contributed by atoms with Crippen LogP contribution in [0, 0.1) is 5.92 Å². The Morgan fingerprint density at radius 3 is 2.52 bits per heavy atom. The van der Waals surface area contributed by atoms with Gasteiger partial charge in [0.05, 0.1) is 7.11 Å². The van der Waals surface area contributed by atoms with E-state index in [-0.39, 0.29) is 24.3 Å². The first-order valence-corrected chi connectivity index (χ1v) is 8.96. The largest absolute Gasteiger partial charge is 0.497 e. The molecule has 0 unspecified atom stereocenters. The smallest absolute Gasteiger partial charge is 0.260 e. The van der Waals surface area contributed by atoms with Gasteiger partial charge >= 0.3 is 0 Å². The average molecular weight is 368 g/mol. The fourth-order valence-corrected chi connectivity index (χ4v) is 2.60. The SMILES string of the molecule is COc1ccc(CN(C)C(=O)COc2cccc(NC(=O)C3CC3)c2)cc1. The lowest BCUT2D eigenvalue weighted by Gasteiger charge is -2.18. The molecule has 2 aromatic carbocycles. The molecule has 1 saturated carbocycles. The molecular weight excluding hydrogens is 344 g/mol. The number of amides is 2. The van der Waals surface area contributed by atoms with Crippen molar-refractivity contribution in [1.29, 1.82) is 0 Å². The van der Waals surface area contributed by atoms with Crippen LogP contribution >= 0.6 is 0 Å². The van der Waals surface area contributed by atoms with Crippen molar-refractivity contribution in [2.24, 2.45) is 5.92 Å². The van der Waals surface area contributed by atoms with Crippen LogP contribution in [-0.2, 0) is 16.1 Å². The number of nitrogens with zero attached hydrogens (tertiary/aromatic N) is 1. The van der Waals surface area contributed by atoms with Crippen LogP contribution in [0.15, 0.2) is 48.5 Å². The predicted octanol–water partition coefficient (Wildman–Crippen LogP) is 3.08. The van der Waals surface area contributed by atoms with Crippen LogP contribution in [-0.4, -0.2) is 37.5 Å². The molecule has 0 aromatic heterocycles. The molecule has 0 saturated heterocycles. The van der Waals surface area contributed by atoms with E-state index in [2.05, 4.69) is 5.32 Å². The van der Waals surface area contributed by atoms with Crippen molar-refractivity contribution < 1.29 is 19.1 Å². The van der Waals surface area contributed by atoms with Gasteiger partial charge in [-0.2, -0.15) is 0 Å². The van der Waals surface area contributed by atoms with Gasteiger partial charge in [0, 0.05) is 31.3 Å². The Hall–Kier alpha value is -3.02. The normalized spacial score (nSPS) is 13.0. The van der Waals surface area contributed by atoms with Gasteiger partial charge in [-0.25, -0.2) is 0 Å². The second kappa shape index (κ2) is 8.58. The number of methoxy groups -OCH3 is 1. The Morgan fingerprint density at radius 2 is 1.85 bits per heavy atom. The lowest BCUT2D eigenvalue weighted by Crippen LogP contribution is -2.30. The van der Waals surface area contributed by atoms with E-state index in [9.17, 15) is 9.59 Å². The summed E-state index contributed by atoms with van der Waals surface area (Å²) < 4.78 is 10.7. The zero-order chi connectivity index (χ0) is 19.2. The summed E-state index contributed by atoms with van der Waals surface area (Å²) in [4.78, 5) is 25.8. The number of ether oxygens (including phenoxy) is 2. The van der Waals surface area contributed by atoms with Gasteiger partial charge in [0.1, 0.15) is 11.5 Å². The number of anilines is 1. The van der Waals surface area contributed by atoms with E-state index < -0.39 is 0 Å². The van der Waals surface area contributed by atoms with E-state index in [1.165, 1.54) is 0 Å². The van der Waals surface area contributed by atoms with Gasteiger partial charge in [0.2, 0.25) is 5.91 Å². The monoisotopic (exact) mass is 368 g/mol. The van der Waals surface area contributed by atoms with Crippen LogP contribution < -0.4 is 14.8 Å². The highest BCUT2D eigenvalue weighted by atomic mass is 16.5. The molecule has 142 valence electrons. The van der Waals surface area contributed by atoms with Gasteiger partial charge in [-0.05, 0) is 42.7 Å². The molecule has 3 rings (SSSR count). The minimum absolute atomic E-state index is 0.0439. The van der Waals surface area contributed by atoms with Crippen LogP contribution in [0.4, 0.5) is 5.69 Å². The second-order valence-electron chi connectivity index (χ2n) is 6.68. The van der Waals surface area contributed by atoms with Crippen LogP contribution in [0.5, 0.6) is 11.5 Å². The summed E-state index contributed by atoms with van der Waals surface area (Å²) in [5.41, 5.74) is 1.69. The molecule has 2 amide bonds. The van der Waals surface area contributed by atoms with E-state index >= 15 is 0 Å². The minimum Gasteiger partial charge on any atom is -0.497 e. The number of carbonyl (C=O) groups excluding carboxylic acids is 2. The topological polar surface area (TPSA) is 67.9 Å². The fraction of sp³-hybridized carbons (Fsp3) is 0.333. The number of hydrogen-bond donors (Lipinski definition) is 1. The first kappa shape index (κ1) is 18.8. The molecule has 27 heavy (non-hydrogen) atoms.